The molecule has 0 saturated carbocycles. The predicted octanol–water partition coefficient (Wildman–Crippen LogP) is 5.17. The second-order valence-corrected chi connectivity index (χ2v) is 6.09. The third-order valence-electron chi connectivity index (χ3n) is 3.95. The summed E-state index contributed by atoms with van der Waals surface area (Å²) >= 11 is 0. The number of esters is 1. The molecule has 0 aromatic heterocycles. The summed E-state index contributed by atoms with van der Waals surface area (Å²) in [4.78, 5) is 10.9. The largest absolute Gasteiger partial charge is 0.469 e. The molecule has 0 saturated heterocycles. The average molecular weight is 312 g/mol. The second kappa shape index (κ2) is 16.5. The summed E-state index contributed by atoms with van der Waals surface area (Å²) in [5, 5.41) is 9.88. The first kappa shape index (κ1) is 21.2. The topological polar surface area (TPSA) is 46.5 Å². The maximum Gasteiger partial charge on any atom is 0.305 e. The van der Waals surface area contributed by atoms with Crippen LogP contribution in [0.2, 0.25) is 0 Å². The number of hydrogen-bond donors (Lipinski definition) is 1. The zero-order chi connectivity index (χ0) is 16.5. The van der Waals surface area contributed by atoms with E-state index in [1.165, 1.54) is 32.8 Å². The molecular formula is C19H36O3. The fraction of sp³-hybridized carbons (Fsp3) is 0.842. The molecule has 0 aromatic rings. The van der Waals surface area contributed by atoms with Gasteiger partial charge in [-0.1, -0.05) is 64.0 Å². The van der Waals surface area contributed by atoms with E-state index in [1.807, 2.05) is 0 Å². The van der Waals surface area contributed by atoms with Crippen molar-refractivity contribution in [1.29, 1.82) is 0 Å². The molecule has 0 rings (SSSR count). The van der Waals surface area contributed by atoms with E-state index in [9.17, 15) is 9.90 Å². The van der Waals surface area contributed by atoms with E-state index in [2.05, 4.69) is 23.8 Å². The molecule has 0 spiro atoms. The third kappa shape index (κ3) is 15.6. The Morgan fingerprint density at radius 3 is 2.41 bits per heavy atom. The van der Waals surface area contributed by atoms with Gasteiger partial charge in [-0.05, 0) is 32.1 Å². The molecule has 0 heterocycles. The quantitative estimate of drug-likeness (QED) is 0.258. The Labute approximate surface area is 137 Å². The van der Waals surface area contributed by atoms with E-state index < -0.39 is 0 Å². The highest BCUT2D eigenvalue weighted by Crippen LogP contribution is 2.11. The maximum absolute atomic E-state index is 10.9. The minimum Gasteiger partial charge on any atom is -0.469 e. The van der Waals surface area contributed by atoms with Gasteiger partial charge < -0.3 is 9.84 Å². The highest BCUT2D eigenvalue weighted by molar-refractivity contribution is 5.68. The van der Waals surface area contributed by atoms with Crippen LogP contribution in [0.5, 0.6) is 0 Å². The summed E-state index contributed by atoms with van der Waals surface area (Å²) < 4.78 is 4.60. The van der Waals surface area contributed by atoms with Gasteiger partial charge >= 0.3 is 5.97 Å². The summed E-state index contributed by atoms with van der Waals surface area (Å²) in [5.41, 5.74) is 0. The van der Waals surface area contributed by atoms with Crippen LogP contribution >= 0.6 is 0 Å². The Hall–Kier alpha value is -0.830. The van der Waals surface area contributed by atoms with Crippen molar-refractivity contribution in [2.45, 2.75) is 96.5 Å². The lowest BCUT2D eigenvalue weighted by Crippen LogP contribution is -2.04. The van der Waals surface area contributed by atoms with Crippen LogP contribution in [-0.2, 0) is 9.53 Å². The molecule has 0 bridgehead atoms. The summed E-state index contributed by atoms with van der Waals surface area (Å²) in [6, 6.07) is 0. The van der Waals surface area contributed by atoms with E-state index in [1.54, 1.807) is 0 Å². The normalized spacial score (nSPS) is 12.7. The first-order valence-corrected chi connectivity index (χ1v) is 9.10. The SMILES string of the molecule is CCCCCC/C=C\C[C@H](O)CCCCCCCC(=O)OC. The molecule has 0 fully saturated rings. The van der Waals surface area contributed by atoms with E-state index in [4.69, 9.17) is 0 Å². The Kier molecular flexibility index (Phi) is 15.9. The lowest BCUT2D eigenvalue weighted by molar-refractivity contribution is -0.140. The van der Waals surface area contributed by atoms with Gasteiger partial charge in [0.25, 0.3) is 0 Å². The molecular weight excluding hydrogens is 276 g/mol. The average Bonchev–Trinajstić information content (AvgIpc) is 2.52. The van der Waals surface area contributed by atoms with Crippen LogP contribution in [-0.4, -0.2) is 24.3 Å². The van der Waals surface area contributed by atoms with Gasteiger partial charge in [-0.2, -0.15) is 0 Å². The van der Waals surface area contributed by atoms with Crippen molar-refractivity contribution < 1.29 is 14.6 Å². The highest BCUT2D eigenvalue weighted by atomic mass is 16.5. The highest BCUT2D eigenvalue weighted by Gasteiger charge is 2.02. The van der Waals surface area contributed by atoms with Crippen LogP contribution in [0.4, 0.5) is 0 Å². The monoisotopic (exact) mass is 312 g/mol. The van der Waals surface area contributed by atoms with Gasteiger partial charge in [-0.15, -0.1) is 0 Å². The van der Waals surface area contributed by atoms with E-state index in [0.29, 0.717) is 6.42 Å². The first-order valence-electron chi connectivity index (χ1n) is 9.10. The zero-order valence-corrected chi connectivity index (χ0v) is 14.7. The van der Waals surface area contributed by atoms with Gasteiger partial charge in [-0.25, -0.2) is 0 Å². The number of allylic oxidation sites excluding steroid dienone is 1. The van der Waals surface area contributed by atoms with Crippen LogP contribution in [0, 0.1) is 0 Å². The third-order valence-corrected chi connectivity index (χ3v) is 3.95. The van der Waals surface area contributed by atoms with Crippen molar-refractivity contribution in [3.8, 4) is 0 Å². The van der Waals surface area contributed by atoms with Crippen LogP contribution in [0.25, 0.3) is 0 Å². The second-order valence-electron chi connectivity index (χ2n) is 6.09. The smallest absolute Gasteiger partial charge is 0.305 e. The van der Waals surface area contributed by atoms with Gasteiger partial charge in [0.1, 0.15) is 0 Å². The standard InChI is InChI=1S/C19H36O3/c1-3-4-5-6-7-9-12-15-18(20)16-13-10-8-11-14-17-19(21)22-2/h9,12,18,20H,3-8,10-11,13-17H2,1-2H3/b12-9-/t18-/m0/s1. The number of methoxy groups -OCH3 is 1. The van der Waals surface area contributed by atoms with Gasteiger partial charge in [-0.3, -0.25) is 4.79 Å². The molecule has 0 unspecified atom stereocenters. The van der Waals surface area contributed by atoms with Crippen LogP contribution < -0.4 is 0 Å². The first-order chi connectivity index (χ1) is 10.7. The predicted molar refractivity (Wildman–Crippen MR) is 92.9 cm³/mol. The van der Waals surface area contributed by atoms with E-state index >= 15 is 0 Å². The number of hydrogen-bond acceptors (Lipinski definition) is 3. The van der Waals surface area contributed by atoms with Crippen LogP contribution in [0.3, 0.4) is 0 Å². The van der Waals surface area contributed by atoms with Crippen LogP contribution in [0.1, 0.15) is 90.4 Å². The lowest BCUT2D eigenvalue weighted by Gasteiger charge is -2.07. The molecule has 1 atom stereocenters. The number of unbranched alkanes of at least 4 members (excludes halogenated alkanes) is 8. The van der Waals surface area contributed by atoms with Gasteiger partial charge in [0.2, 0.25) is 0 Å². The van der Waals surface area contributed by atoms with E-state index in [0.717, 1.165) is 51.4 Å². The summed E-state index contributed by atoms with van der Waals surface area (Å²) in [6.07, 6.45) is 18.0. The molecule has 1 N–H and O–H groups in total. The Bertz CT molecular complexity index is 274. The number of aliphatic hydroxyl groups excluding tert-OH is 1. The maximum atomic E-state index is 10.9. The molecule has 0 aliphatic carbocycles. The molecule has 0 radical (unpaired) electrons. The molecule has 0 aliphatic rings. The number of carbonyl (C=O) groups is 1. The van der Waals surface area contributed by atoms with Crippen molar-refractivity contribution in [1.82, 2.24) is 0 Å². The van der Waals surface area contributed by atoms with Crippen molar-refractivity contribution in [2.75, 3.05) is 7.11 Å². The molecule has 0 aromatic carbocycles. The minimum absolute atomic E-state index is 0.114. The molecule has 3 nitrogen and oxygen atoms in total. The fourth-order valence-corrected chi connectivity index (χ4v) is 2.46. The minimum atomic E-state index is -0.193. The Balaban J connectivity index is 3.30. The van der Waals surface area contributed by atoms with Crippen molar-refractivity contribution in [3.05, 3.63) is 12.2 Å². The van der Waals surface area contributed by atoms with Crippen molar-refractivity contribution in [3.63, 3.8) is 0 Å². The van der Waals surface area contributed by atoms with Crippen molar-refractivity contribution in [2.24, 2.45) is 0 Å². The van der Waals surface area contributed by atoms with E-state index in [-0.39, 0.29) is 12.1 Å². The molecule has 22 heavy (non-hydrogen) atoms. The van der Waals surface area contributed by atoms with Crippen LogP contribution in [0.15, 0.2) is 12.2 Å². The molecule has 130 valence electrons. The number of rotatable bonds is 15. The lowest BCUT2D eigenvalue weighted by atomic mass is 10.0. The molecule has 3 heteroatoms. The molecule has 0 amide bonds. The summed E-state index contributed by atoms with van der Waals surface area (Å²) in [7, 11) is 1.43. The fourth-order valence-electron chi connectivity index (χ4n) is 2.46. The Morgan fingerprint density at radius 2 is 1.68 bits per heavy atom. The number of ether oxygens (including phenoxy) is 1. The zero-order valence-electron chi connectivity index (χ0n) is 14.7. The number of aliphatic hydroxyl groups is 1. The van der Waals surface area contributed by atoms with Crippen molar-refractivity contribution >= 4 is 5.97 Å². The van der Waals surface area contributed by atoms with Gasteiger partial charge in [0.05, 0.1) is 13.2 Å². The Morgan fingerprint density at radius 1 is 1.00 bits per heavy atom. The van der Waals surface area contributed by atoms with Gasteiger partial charge in [0.15, 0.2) is 0 Å². The van der Waals surface area contributed by atoms with Gasteiger partial charge in [0, 0.05) is 6.42 Å². The molecule has 0 aliphatic heterocycles. The summed E-state index contributed by atoms with van der Waals surface area (Å²) in [6.45, 7) is 2.23. The number of carbonyl (C=O) groups excluding carboxylic acids is 1. The summed E-state index contributed by atoms with van der Waals surface area (Å²) in [5.74, 6) is -0.114.